The Labute approximate surface area is 151 Å². The van der Waals surface area contributed by atoms with Gasteiger partial charge >= 0.3 is 5.82 Å². The summed E-state index contributed by atoms with van der Waals surface area (Å²) in [7, 11) is 0. The lowest BCUT2D eigenvalue weighted by atomic mass is 10.3. The molecular weight excluding hydrogens is 362 g/mol. The van der Waals surface area contributed by atoms with Crippen molar-refractivity contribution in [3.63, 3.8) is 0 Å². The third-order valence-electron chi connectivity index (χ3n) is 3.61. The van der Waals surface area contributed by atoms with Crippen molar-refractivity contribution in [1.29, 1.82) is 0 Å². The summed E-state index contributed by atoms with van der Waals surface area (Å²) in [6.45, 7) is 5.99. The summed E-state index contributed by atoms with van der Waals surface area (Å²) in [5.74, 6) is -0.395. The fourth-order valence-corrected chi connectivity index (χ4v) is 3.79. The summed E-state index contributed by atoms with van der Waals surface area (Å²) in [6.07, 6.45) is 0. The van der Waals surface area contributed by atoms with Gasteiger partial charge < -0.3 is 10.1 Å². The number of thiophene rings is 1. The predicted octanol–water partition coefficient (Wildman–Crippen LogP) is 3.54. The molecule has 25 heavy (non-hydrogen) atoms. The fourth-order valence-electron chi connectivity index (χ4n) is 2.18. The molecule has 0 spiro atoms. The van der Waals surface area contributed by atoms with Crippen molar-refractivity contribution >= 4 is 39.5 Å². The molecule has 0 aliphatic carbocycles. The molecule has 0 saturated heterocycles. The maximum Gasteiger partial charge on any atom is 0.390 e. The standard InChI is InChI=1S/C15H15N5O3S2/c1-8-4-13(20(22)23)18-19(8)6-11-5-12(24-7-11)14(21)17-15-16-9(2)10(3)25-15/h4-5,7H,6H2,1-3H3,(H,16,17,21). The minimum atomic E-state index is -0.520. The summed E-state index contributed by atoms with van der Waals surface area (Å²) >= 11 is 2.75. The molecule has 0 radical (unpaired) electrons. The van der Waals surface area contributed by atoms with E-state index in [1.807, 2.05) is 19.2 Å². The van der Waals surface area contributed by atoms with E-state index in [1.54, 1.807) is 17.7 Å². The number of amides is 1. The van der Waals surface area contributed by atoms with Crippen LogP contribution in [-0.2, 0) is 6.54 Å². The van der Waals surface area contributed by atoms with E-state index in [0.717, 1.165) is 16.1 Å². The summed E-state index contributed by atoms with van der Waals surface area (Å²) in [4.78, 5) is 28.5. The van der Waals surface area contributed by atoms with Gasteiger partial charge in [0.2, 0.25) is 0 Å². The fraction of sp³-hybridized carbons (Fsp3) is 0.267. The minimum absolute atomic E-state index is 0.180. The molecule has 0 aliphatic heterocycles. The molecule has 0 atom stereocenters. The Bertz CT molecular complexity index is 937. The van der Waals surface area contributed by atoms with Gasteiger partial charge in [-0.3, -0.25) is 10.1 Å². The van der Waals surface area contributed by atoms with E-state index in [-0.39, 0.29) is 11.7 Å². The van der Waals surface area contributed by atoms with Crippen LogP contribution in [0.15, 0.2) is 17.5 Å². The first-order valence-corrected chi connectivity index (χ1v) is 9.04. The molecule has 3 rings (SSSR count). The van der Waals surface area contributed by atoms with Crippen LogP contribution >= 0.6 is 22.7 Å². The molecular formula is C15H15N5O3S2. The first-order valence-electron chi connectivity index (χ1n) is 7.35. The van der Waals surface area contributed by atoms with Gasteiger partial charge in [0.25, 0.3) is 5.91 Å². The number of hydrogen-bond acceptors (Lipinski definition) is 7. The number of aryl methyl sites for hydroxylation is 3. The van der Waals surface area contributed by atoms with E-state index in [9.17, 15) is 14.9 Å². The van der Waals surface area contributed by atoms with Gasteiger partial charge in [-0.15, -0.1) is 22.7 Å². The van der Waals surface area contributed by atoms with Crippen LogP contribution < -0.4 is 5.32 Å². The number of carbonyl (C=O) groups excluding carboxylic acids is 1. The van der Waals surface area contributed by atoms with Crippen molar-refractivity contribution in [2.45, 2.75) is 27.3 Å². The minimum Gasteiger partial charge on any atom is -0.358 e. The first kappa shape index (κ1) is 17.2. The number of thiazole rings is 1. The first-order chi connectivity index (χ1) is 11.8. The molecule has 0 aliphatic rings. The van der Waals surface area contributed by atoms with E-state index >= 15 is 0 Å². The summed E-state index contributed by atoms with van der Waals surface area (Å²) in [6, 6.07) is 3.19. The Morgan fingerprint density at radius 1 is 1.36 bits per heavy atom. The average molecular weight is 377 g/mol. The number of aromatic nitrogens is 3. The summed E-state index contributed by atoms with van der Waals surface area (Å²) in [5, 5.41) is 20.0. The maximum absolute atomic E-state index is 12.3. The van der Waals surface area contributed by atoms with Crippen molar-refractivity contribution in [3.8, 4) is 0 Å². The second kappa shape index (κ2) is 6.73. The Balaban J connectivity index is 1.71. The van der Waals surface area contributed by atoms with Crippen LogP contribution in [0.2, 0.25) is 0 Å². The highest BCUT2D eigenvalue weighted by Crippen LogP contribution is 2.23. The number of rotatable bonds is 5. The van der Waals surface area contributed by atoms with Crippen LogP contribution in [-0.4, -0.2) is 25.6 Å². The number of hydrogen-bond donors (Lipinski definition) is 1. The molecule has 1 amide bonds. The SMILES string of the molecule is Cc1nc(NC(=O)c2cc(Cn3nc([N+](=O)[O-])cc3C)cs2)sc1C. The Morgan fingerprint density at radius 3 is 2.72 bits per heavy atom. The molecule has 0 saturated carbocycles. The molecule has 3 aromatic rings. The predicted molar refractivity (Wildman–Crippen MR) is 96.6 cm³/mol. The van der Waals surface area contributed by atoms with Gasteiger partial charge in [-0.1, -0.05) is 0 Å². The monoisotopic (exact) mass is 377 g/mol. The van der Waals surface area contributed by atoms with Crippen molar-refractivity contribution < 1.29 is 9.72 Å². The Hall–Kier alpha value is -2.59. The van der Waals surface area contributed by atoms with Gasteiger partial charge in [0.15, 0.2) is 5.13 Å². The van der Waals surface area contributed by atoms with Crippen LogP contribution in [0.1, 0.15) is 31.5 Å². The molecule has 0 unspecified atom stereocenters. The van der Waals surface area contributed by atoms with Crippen LogP contribution in [0, 0.1) is 30.9 Å². The molecule has 3 aromatic heterocycles. The normalized spacial score (nSPS) is 10.8. The van der Waals surface area contributed by atoms with Gasteiger partial charge in [0, 0.05) is 4.88 Å². The average Bonchev–Trinajstić information content (AvgIpc) is 3.22. The molecule has 3 heterocycles. The molecule has 0 fully saturated rings. The van der Waals surface area contributed by atoms with E-state index in [2.05, 4.69) is 15.4 Å². The van der Waals surface area contributed by atoms with Gasteiger partial charge in [-0.2, -0.15) is 4.68 Å². The zero-order chi connectivity index (χ0) is 18.1. The second-order valence-corrected chi connectivity index (χ2v) is 7.61. The molecule has 8 nitrogen and oxygen atoms in total. The van der Waals surface area contributed by atoms with Crippen LogP contribution in [0.3, 0.4) is 0 Å². The number of anilines is 1. The van der Waals surface area contributed by atoms with E-state index < -0.39 is 4.92 Å². The number of nitro groups is 1. The van der Waals surface area contributed by atoms with Gasteiger partial charge in [-0.25, -0.2) is 4.98 Å². The van der Waals surface area contributed by atoms with Crippen LogP contribution in [0.25, 0.3) is 0 Å². The topological polar surface area (TPSA) is 103 Å². The third-order valence-corrected chi connectivity index (χ3v) is 5.58. The Kier molecular flexibility index (Phi) is 4.64. The molecule has 0 aromatic carbocycles. The molecule has 1 N–H and O–H groups in total. The smallest absolute Gasteiger partial charge is 0.358 e. The molecule has 10 heteroatoms. The van der Waals surface area contributed by atoms with Gasteiger partial charge in [0.05, 0.1) is 34.0 Å². The largest absolute Gasteiger partial charge is 0.390 e. The second-order valence-electron chi connectivity index (χ2n) is 5.49. The maximum atomic E-state index is 12.3. The highest BCUT2D eigenvalue weighted by molar-refractivity contribution is 7.16. The van der Waals surface area contributed by atoms with E-state index in [0.29, 0.717) is 22.2 Å². The van der Waals surface area contributed by atoms with Gasteiger partial charge in [0.1, 0.15) is 0 Å². The zero-order valence-corrected chi connectivity index (χ0v) is 15.4. The highest BCUT2D eigenvalue weighted by atomic mass is 32.1. The number of carbonyl (C=O) groups is 1. The molecule has 0 bridgehead atoms. The van der Waals surface area contributed by atoms with Crippen molar-refractivity contribution in [2.24, 2.45) is 0 Å². The van der Waals surface area contributed by atoms with Crippen molar-refractivity contribution in [1.82, 2.24) is 14.8 Å². The zero-order valence-electron chi connectivity index (χ0n) is 13.8. The van der Waals surface area contributed by atoms with Crippen LogP contribution in [0.5, 0.6) is 0 Å². The van der Waals surface area contributed by atoms with Crippen molar-refractivity contribution in [2.75, 3.05) is 5.32 Å². The molecule has 130 valence electrons. The summed E-state index contributed by atoms with van der Waals surface area (Å²) < 4.78 is 1.55. The Morgan fingerprint density at radius 2 is 2.12 bits per heavy atom. The third kappa shape index (κ3) is 3.74. The summed E-state index contributed by atoms with van der Waals surface area (Å²) in [5.41, 5.74) is 2.46. The van der Waals surface area contributed by atoms with Crippen LogP contribution in [0.4, 0.5) is 10.9 Å². The lowest BCUT2D eigenvalue weighted by Crippen LogP contribution is -2.10. The van der Waals surface area contributed by atoms with E-state index in [1.165, 1.54) is 28.7 Å². The van der Waals surface area contributed by atoms with Crippen molar-refractivity contribution in [3.05, 3.63) is 54.3 Å². The van der Waals surface area contributed by atoms with Gasteiger partial charge in [-0.05, 0) is 42.7 Å². The quantitative estimate of drug-likeness (QED) is 0.541. The number of nitrogens with zero attached hydrogens (tertiary/aromatic N) is 4. The number of nitrogens with one attached hydrogen (secondary N) is 1. The lowest BCUT2D eigenvalue weighted by molar-refractivity contribution is -0.389. The highest BCUT2D eigenvalue weighted by Gasteiger charge is 2.17. The van der Waals surface area contributed by atoms with E-state index in [4.69, 9.17) is 0 Å². The lowest BCUT2D eigenvalue weighted by Gasteiger charge is -1.98.